The van der Waals surface area contributed by atoms with Crippen molar-refractivity contribution in [3.63, 3.8) is 0 Å². The van der Waals surface area contributed by atoms with Gasteiger partial charge in [0, 0.05) is 13.1 Å². The van der Waals surface area contributed by atoms with Crippen LogP contribution < -0.4 is 14.9 Å². The van der Waals surface area contributed by atoms with E-state index in [4.69, 9.17) is 0 Å². The lowest BCUT2D eigenvalue weighted by molar-refractivity contribution is 0.577. The Morgan fingerprint density at radius 3 is 2.70 bits per heavy atom. The first kappa shape index (κ1) is 17.7. The van der Waals surface area contributed by atoms with Crippen molar-refractivity contribution in [3.8, 4) is 0 Å². The number of imidazole rings is 1. The van der Waals surface area contributed by atoms with Crippen LogP contribution in [0.15, 0.2) is 35.7 Å². The summed E-state index contributed by atoms with van der Waals surface area (Å²) in [6.07, 6.45) is 6.44. The number of nitrogens with one attached hydrogen (secondary N) is 3. The van der Waals surface area contributed by atoms with E-state index in [2.05, 4.69) is 34.9 Å². The molecule has 3 aromatic rings. The SMILES string of the molecule is CNS(=O)(=O)c1ccc(N2CCCCC2)c(Nc2ncnc3nc[nH]c23)c1. The van der Waals surface area contributed by atoms with Crippen molar-refractivity contribution < 1.29 is 8.42 Å². The highest BCUT2D eigenvalue weighted by Gasteiger charge is 2.20. The zero-order valence-electron chi connectivity index (χ0n) is 14.9. The van der Waals surface area contributed by atoms with E-state index in [9.17, 15) is 8.42 Å². The van der Waals surface area contributed by atoms with Gasteiger partial charge < -0.3 is 15.2 Å². The molecule has 1 aliphatic rings. The Hall–Kier alpha value is -2.72. The molecule has 27 heavy (non-hydrogen) atoms. The van der Waals surface area contributed by atoms with E-state index in [1.165, 1.54) is 19.8 Å². The van der Waals surface area contributed by atoms with Gasteiger partial charge >= 0.3 is 0 Å². The van der Waals surface area contributed by atoms with Crippen molar-refractivity contribution in [2.24, 2.45) is 0 Å². The summed E-state index contributed by atoms with van der Waals surface area (Å²) < 4.78 is 26.9. The number of hydrogen-bond donors (Lipinski definition) is 3. The summed E-state index contributed by atoms with van der Waals surface area (Å²) in [5.74, 6) is 0.551. The number of piperidine rings is 1. The highest BCUT2D eigenvalue weighted by Crippen LogP contribution is 2.33. The third-order valence-electron chi connectivity index (χ3n) is 4.72. The van der Waals surface area contributed by atoms with Gasteiger partial charge in [-0.15, -0.1) is 0 Å². The number of benzene rings is 1. The Bertz CT molecular complexity index is 1060. The summed E-state index contributed by atoms with van der Waals surface area (Å²) >= 11 is 0. The second kappa shape index (κ2) is 7.12. The number of aromatic amines is 1. The molecule has 3 N–H and O–H groups in total. The topological polar surface area (TPSA) is 116 Å². The summed E-state index contributed by atoms with van der Waals surface area (Å²) in [4.78, 5) is 18.0. The predicted molar refractivity (Wildman–Crippen MR) is 104 cm³/mol. The summed E-state index contributed by atoms with van der Waals surface area (Å²) in [5.41, 5.74) is 2.86. The van der Waals surface area contributed by atoms with Crippen molar-refractivity contribution in [2.75, 3.05) is 30.4 Å². The van der Waals surface area contributed by atoms with Crippen LogP contribution in [0.3, 0.4) is 0 Å². The maximum absolute atomic E-state index is 12.3. The molecule has 0 aliphatic carbocycles. The molecule has 0 amide bonds. The number of anilines is 3. The van der Waals surface area contributed by atoms with Gasteiger partial charge in [-0.05, 0) is 44.5 Å². The van der Waals surface area contributed by atoms with E-state index in [1.807, 2.05) is 6.07 Å². The number of H-pyrrole nitrogens is 1. The Morgan fingerprint density at radius 2 is 1.93 bits per heavy atom. The first-order valence-electron chi connectivity index (χ1n) is 8.82. The number of rotatable bonds is 5. The van der Waals surface area contributed by atoms with Crippen LogP contribution in [0, 0.1) is 0 Å². The molecular weight excluding hydrogens is 366 g/mol. The lowest BCUT2D eigenvalue weighted by Gasteiger charge is -2.31. The van der Waals surface area contributed by atoms with E-state index < -0.39 is 10.0 Å². The predicted octanol–water partition coefficient (Wildman–Crippen LogP) is 1.99. The molecule has 2 aromatic heterocycles. The van der Waals surface area contributed by atoms with Gasteiger partial charge in [0.25, 0.3) is 0 Å². The molecule has 1 fully saturated rings. The lowest BCUT2D eigenvalue weighted by Crippen LogP contribution is -2.30. The zero-order valence-corrected chi connectivity index (χ0v) is 15.8. The maximum Gasteiger partial charge on any atom is 0.240 e. The summed E-state index contributed by atoms with van der Waals surface area (Å²) in [7, 11) is -2.15. The van der Waals surface area contributed by atoms with Crippen LogP contribution in [0.25, 0.3) is 11.2 Å². The second-order valence-corrected chi connectivity index (χ2v) is 8.27. The van der Waals surface area contributed by atoms with Crippen LogP contribution in [0.4, 0.5) is 17.2 Å². The third kappa shape index (κ3) is 3.45. The summed E-state index contributed by atoms with van der Waals surface area (Å²) in [6, 6.07) is 5.12. The maximum atomic E-state index is 12.3. The normalized spacial score (nSPS) is 15.2. The van der Waals surface area contributed by atoms with Crippen molar-refractivity contribution >= 4 is 38.4 Å². The number of sulfonamides is 1. The average molecular weight is 387 g/mol. The number of aromatic nitrogens is 4. The Morgan fingerprint density at radius 1 is 1.11 bits per heavy atom. The monoisotopic (exact) mass is 387 g/mol. The Balaban J connectivity index is 1.79. The van der Waals surface area contributed by atoms with Gasteiger partial charge in [-0.2, -0.15) is 0 Å². The van der Waals surface area contributed by atoms with Crippen LogP contribution in [-0.4, -0.2) is 48.5 Å². The molecule has 0 unspecified atom stereocenters. The van der Waals surface area contributed by atoms with Gasteiger partial charge in [-0.1, -0.05) is 0 Å². The van der Waals surface area contributed by atoms with E-state index in [0.717, 1.165) is 31.6 Å². The molecule has 1 saturated heterocycles. The van der Waals surface area contributed by atoms with Crippen LogP contribution in [0.2, 0.25) is 0 Å². The molecule has 1 aromatic carbocycles. The largest absolute Gasteiger partial charge is 0.370 e. The van der Waals surface area contributed by atoms with Crippen molar-refractivity contribution in [3.05, 3.63) is 30.9 Å². The molecule has 10 heteroatoms. The van der Waals surface area contributed by atoms with Crippen molar-refractivity contribution in [2.45, 2.75) is 24.2 Å². The van der Waals surface area contributed by atoms with Gasteiger partial charge in [0.15, 0.2) is 11.5 Å². The minimum Gasteiger partial charge on any atom is -0.370 e. The fourth-order valence-corrected chi connectivity index (χ4v) is 4.05. The molecule has 3 heterocycles. The van der Waals surface area contributed by atoms with Crippen molar-refractivity contribution in [1.29, 1.82) is 0 Å². The zero-order chi connectivity index (χ0) is 18.9. The van der Waals surface area contributed by atoms with E-state index >= 15 is 0 Å². The van der Waals surface area contributed by atoms with Gasteiger partial charge in [0.2, 0.25) is 10.0 Å². The lowest BCUT2D eigenvalue weighted by atomic mass is 10.1. The standard InChI is InChI=1S/C17H21N7O2S/c1-18-27(25,26)12-5-6-14(24-7-3-2-4-8-24)13(9-12)23-17-15-16(20-10-19-15)21-11-22-17/h5-6,9-11,18H,2-4,7-8H2,1H3,(H2,19,20,21,22,23). The first-order valence-corrected chi connectivity index (χ1v) is 10.3. The van der Waals surface area contributed by atoms with Crippen LogP contribution in [-0.2, 0) is 10.0 Å². The number of hydrogen-bond acceptors (Lipinski definition) is 7. The van der Waals surface area contributed by atoms with E-state index in [1.54, 1.807) is 18.5 Å². The average Bonchev–Trinajstić information content (AvgIpc) is 3.18. The minimum atomic E-state index is -3.55. The molecular formula is C17H21N7O2S. The number of fused-ring (bicyclic) bond motifs is 1. The molecule has 0 atom stereocenters. The van der Waals surface area contributed by atoms with E-state index in [-0.39, 0.29) is 4.90 Å². The van der Waals surface area contributed by atoms with Crippen molar-refractivity contribution in [1.82, 2.24) is 24.7 Å². The third-order valence-corrected chi connectivity index (χ3v) is 6.13. The van der Waals surface area contributed by atoms with Gasteiger partial charge in [-0.25, -0.2) is 28.1 Å². The molecule has 1 aliphatic heterocycles. The Kier molecular flexibility index (Phi) is 4.66. The van der Waals surface area contributed by atoms with E-state index in [0.29, 0.717) is 22.7 Å². The quantitative estimate of drug-likeness (QED) is 0.613. The smallest absolute Gasteiger partial charge is 0.240 e. The Labute approximate surface area is 157 Å². The molecule has 9 nitrogen and oxygen atoms in total. The van der Waals surface area contributed by atoms with Crippen LogP contribution in [0.5, 0.6) is 0 Å². The fraction of sp³-hybridized carbons (Fsp3) is 0.353. The molecule has 4 rings (SSSR count). The highest BCUT2D eigenvalue weighted by atomic mass is 32.2. The summed E-state index contributed by atoms with van der Waals surface area (Å²) in [5, 5.41) is 3.28. The van der Waals surface area contributed by atoms with Crippen LogP contribution >= 0.6 is 0 Å². The molecule has 0 bridgehead atoms. The second-order valence-electron chi connectivity index (χ2n) is 6.38. The molecule has 142 valence electrons. The van der Waals surface area contributed by atoms with Crippen LogP contribution in [0.1, 0.15) is 19.3 Å². The molecule has 0 spiro atoms. The first-order chi connectivity index (χ1) is 13.1. The van der Waals surface area contributed by atoms with Gasteiger partial charge in [0.1, 0.15) is 11.8 Å². The highest BCUT2D eigenvalue weighted by molar-refractivity contribution is 7.89. The minimum absolute atomic E-state index is 0.197. The van der Waals surface area contributed by atoms with Gasteiger partial charge in [-0.3, -0.25) is 0 Å². The van der Waals surface area contributed by atoms with Gasteiger partial charge in [0.05, 0.1) is 22.6 Å². The molecule has 0 saturated carbocycles. The molecule has 0 radical (unpaired) electrons. The fourth-order valence-electron chi connectivity index (χ4n) is 3.30. The summed E-state index contributed by atoms with van der Waals surface area (Å²) in [6.45, 7) is 1.88. The number of nitrogens with zero attached hydrogens (tertiary/aromatic N) is 4.